The van der Waals surface area contributed by atoms with Gasteiger partial charge in [0, 0.05) is 0 Å². The quantitative estimate of drug-likeness (QED) is 0.382. The monoisotopic (exact) mass is 368 g/mol. The molecule has 0 fully saturated rings. The van der Waals surface area contributed by atoms with Crippen LogP contribution in [0, 0.1) is 11.3 Å². The minimum absolute atomic E-state index is 0.00142. The van der Waals surface area contributed by atoms with Crippen molar-refractivity contribution < 1.29 is 9.53 Å². The molecule has 4 nitrogen and oxygen atoms in total. The Morgan fingerprint density at radius 3 is 2.58 bits per heavy atom. The third-order valence-electron chi connectivity index (χ3n) is 3.69. The van der Waals surface area contributed by atoms with Gasteiger partial charge < -0.3 is 10.1 Å². The molecular weight excluding hydrogens is 348 g/mol. The number of carbonyl (C=O) groups excluding carboxylic acids is 1. The normalized spacial score (nSPS) is 10.9. The summed E-state index contributed by atoms with van der Waals surface area (Å²) in [6.07, 6.45) is 4.86. The van der Waals surface area contributed by atoms with Crippen molar-refractivity contribution in [3.63, 3.8) is 0 Å². The van der Waals surface area contributed by atoms with Gasteiger partial charge >= 0.3 is 0 Å². The molecule has 0 aliphatic heterocycles. The Hall–Kier alpha value is -2.77. The summed E-state index contributed by atoms with van der Waals surface area (Å²) in [7, 11) is 0. The maximum Gasteiger partial charge on any atom is 0.266 e. The van der Waals surface area contributed by atoms with Crippen molar-refractivity contribution in [3.8, 4) is 11.8 Å². The molecule has 0 heterocycles. The maximum absolute atomic E-state index is 12.3. The number of halogens is 1. The number of nitrogens with zero attached hydrogens (tertiary/aromatic N) is 1. The SMILES string of the molecule is CCCCCOc1ccc(/C=C(\C#N)C(=O)Nc2ccccc2Cl)cc1. The number of nitrogens with one attached hydrogen (secondary N) is 1. The van der Waals surface area contributed by atoms with Crippen molar-refractivity contribution in [1.29, 1.82) is 5.26 Å². The van der Waals surface area contributed by atoms with E-state index in [9.17, 15) is 10.1 Å². The minimum atomic E-state index is -0.500. The number of rotatable bonds is 8. The first kappa shape index (κ1) is 19.6. The van der Waals surface area contributed by atoms with Gasteiger partial charge in [0.2, 0.25) is 0 Å². The summed E-state index contributed by atoms with van der Waals surface area (Å²) in [6.45, 7) is 2.84. The van der Waals surface area contributed by atoms with Gasteiger partial charge in [0.25, 0.3) is 5.91 Å². The zero-order valence-corrected chi connectivity index (χ0v) is 15.4. The van der Waals surface area contributed by atoms with E-state index in [1.165, 1.54) is 6.08 Å². The van der Waals surface area contributed by atoms with Crippen LogP contribution in [-0.4, -0.2) is 12.5 Å². The highest BCUT2D eigenvalue weighted by molar-refractivity contribution is 6.34. The van der Waals surface area contributed by atoms with E-state index in [4.69, 9.17) is 16.3 Å². The first-order chi connectivity index (χ1) is 12.6. The van der Waals surface area contributed by atoms with Crippen LogP contribution in [0.5, 0.6) is 5.75 Å². The molecule has 0 radical (unpaired) electrons. The van der Waals surface area contributed by atoms with Crippen LogP contribution in [-0.2, 0) is 4.79 Å². The fourth-order valence-electron chi connectivity index (χ4n) is 2.27. The molecule has 134 valence electrons. The first-order valence-corrected chi connectivity index (χ1v) is 8.92. The van der Waals surface area contributed by atoms with Crippen LogP contribution in [0.2, 0.25) is 5.02 Å². The summed E-state index contributed by atoms with van der Waals surface area (Å²) in [6, 6.07) is 16.1. The second-order valence-electron chi connectivity index (χ2n) is 5.73. The Bertz CT molecular complexity index is 808. The van der Waals surface area contributed by atoms with Crippen molar-refractivity contribution in [2.45, 2.75) is 26.2 Å². The molecule has 2 aromatic rings. The lowest BCUT2D eigenvalue weighted by atomic mass is 10.1. The number of para-hydroxylation sites is 1. The number of nitriles is 1. The van der Waals surface area contributed by atoms with Crippen molar-refractivity contribution in [1.82, 2.24) is 0 Å². The Labute approximate surface area is 159 Å². The minimum Gasteiger partial charge on any atom is -0.494 e. The molecule has 2 rings (SSSR count). The second kappa shape index (κ2) is 10.3. The lowest BCUT2D eigenvalue weighted by Crippen LogP contribution is -2.13. The van der Waals surface area contributed by atoms with Crippen LogP contribution in [0.25, 0.3) is 6.08 Å². The summed E-state index contributed by atoms with van der Waals surface area (Å²) in [5.41, 5.74) is 1.22. The predicted molar refractivity (Wildman–Crippen MR) is 105 cm³/mol. The van der Waals surface area contributed by atoms with Crippen LogP contribution < -0.4 is 10.1 Å². The van der Waals surface area contributed by atoms with E-state index in [0.717, 1.165) is 30.6 Å². The molecule has 26 heavy (non-hydrogen) atoms. The molecular formula is C21H21ClN2O2. The standard InChI is InChI=1S/C21H21ClN2O2/c1-2-3-6-13-26-18-11-9-16(10-12-18)14-17(15-23)21(25)24-20-8-5-4-7-19(20)22/h4-5,7-12,14H,2-3,6,13H2,1H3,(H,24,25)/b17-14+. The molecule has 0 unspecified atom stereocenters. The molecule has 0 bridgehead atoms. The van der Waals surface area contributed by atoms with Crippen molar-refractivity contribution in [3.05, 3.63) is 64.7 Å². The van der Waals surface area contributed by atoms with Crippen LogP contribution >= 0.6 is 11.6 Å². The van der Waals surface area contributed by atoms with Crippen molar-refractivity contribution >= 4 is 29.3 Å². The zero-order chi connectivity index (χ0) is 18.8. The van der Waals surface area contributed by atoms with Gasteiger partial charge in [-0.2, -0.15) is 5.26 Å². The topological polar surface area (TPSA) is 62.1 Å². The lowest BCUT2D eigenvalue weighted by molar-refractivity contribution is -0.112. The highest BCUT2D eigenvalue weighted by Gasteiger charge is 2.11. The molecule has 0 spiro atoms. The number of amides is 1. The van der Waals surface area contributed by atoms with Crippen LogP contribution in [0.4, 0.5) is 5.69 Å². The van der Waals surface area contributed by atoms with Gasteiger partial charge in [-0.1, -0.05) is 55.6 Å². The Morgan fingerprint density at radius 2 is 1.92 bits per heavy atom. The van der Waals surface area contributed by atoms with E-state index in [-0.39, 0.29) is 5.57 Å². The van der Waals surface area contributed by atoms with E-state index in [1.54, 1.807) is 24.3 Å². The van der Waals surface area contributed by atoms with Crippen LogP contribution in [0.15, 0.2) is 54.1 Å². The van der Waals surface area contributed by atoms with Gasteiger partial charge in [-0.3, -0.25) is 4.79 Å². The average Bonchev–Trinajstić information content (AvgIpc) is 2.66. The number of ether oxygens (including phenoxy) is 1. The number of anilines is 1. The van der Waals surface area contributed by atoms with Crippen LogP contribution in [0.1, 0.15) is 31.7 Å². The molecule has 0 atom stereocenters. The van der Waals surface area contributed by atoms with Gasteiger partial charge in [0.05, 0.1) is 17.3 Å². The van der Waals surface area contributed by atoms with E-state index in [1.807, 2.05) is 30.3 Å². The largest absolute Gasteiger partial charge is 0.494 e. The van der Waals surface area contributed by atoms with E-state index in [2.05, 4.69) is 12.2 Å². The fraction of sp³-hybridized carbons (Fsp3) is 0.238. The Balaban J connectivity index is 2.02. The van der Waals surface area contributed by atoms with Crippen molar-refractivity contribution in [2.75, 3.05) is 11.9 Å². The number of hydrogen-bond donors (Lipinski definition) is 1. The lowest BCUT2D eigenvalue weighted by Gasteiger charge is -2.07. The number of carbonyl (C=O) groups is 1. The Morgan fingerprint density at radius 1 is 1.19 bits per heavy atom. The smallest absolute Gasteiger partial charge is 0.266 e. The predicted octanol–water partition coefficient (Wildman–Crippen LogP) is 5.45. The van der Waals surface area contributed by atoms with Crippen molar-refractivity contribution in [2.24, 2.45) is 0 Å². The number of unbranched alkanes of at least 4 members (excludes halogenated alkanes) is 2. The summed E-state index contributed by atoms with van der Waals surface area (Å²) >= 11 is 6.02. The van der Waals surface area contributed by atoms with Gasteiger partial charge in [-0.15, -0.1) is 0 Å². The summed E-state index contributed by atoms with van der Waals surface area (Å²) in [5.74, 6) is 0.276. The molecule has 1 N–H and O–H groups in total. The molecule has 5 heteroatoms. The third-order valence-corrected chi connectivity index (χ3v) is 4.02. The van der Waals surface area contributed by atoms with E-state index >= 15 is 0 Å². The average molecular weight is 369 g/mol. The second-order valence-corrected chi connectivity index (χ2v) is 6.14. The summed E-state index contributed by atoms with van der Waals surface area (Å²) < 4.78 is 5.65. The summed E-state index contributed by atoms with van der Waals surface area (Å²) in [4.78, 5) is 12.3. The highest BCUT2D eigenvalue weighted by atomic mass is 35.5. The fourth-order valence-corrected chi connectivity index (χ4v) is 2.45. The molecule has 0 saturated heterocycles. The zero-order valence-electron chi connectivity index (χ0n) is 14.7. The number of benzene rings is 2. The summed E-state index contributed by atoms with van der Waals surface area (Å²) in [5, 5.41) is 12.4. The van der Waals surface area contributed by atoms with Gasteiger partial charge in [0.15, 0.2) is 0 Å². The molecule has 1 amide bonds. The van der Waals surface area contributed by atoms with Gasteiger partial charge in [-0.05, 0) is 42.3 Å². The molecule has 0 saturated carbocycles. The highest BCUT2D eigenvalue weighted by Crippen LogP contribution is 2.21. The molecule has 0 aliphatic carbocycles. The van der Waals surface area contributed by atoms with Gasteiger partial charge in [-0.25, -0.2) is 0 Å². The first-order valence-electron chi connectivity index (χ1n) is 8.54. The Kier molecular flexibility index (Phi) is 7.73. The van der Waals surface area contributed by atoms with Crippen LogP contribution in [0.3, 0.4) is 0 Å². The third kappa shape index (κ3) is 5.94. The molecule has 2 aromatic carbocycles. The van der Waals surface area contributed by atoms with Gasteiger partial charge in [0.1, 0.15) is 17.4 Å². The van der Waals surface area contributed by atoms with E-state index < -0.39 is 5.91 Å². The van der Waals surface area contributed by atoms with E-state index in [0.29, 0.717) is 17.3 Å². The molecule has 0 aromatic heterocycles. The molecule has 0 aliphatic rings. The number of hydrogen-bond acceptors (Lipinski definition) is 3. The maximum atomic E-state index is 12.3.